The van der Waals surface area contributed by atoms with Crippen molar-refractivity contribution in [3.05, 3.63) is 60.7 Å². The van der Waals surface area contributed by atoms with Crippen molar-refractivity contribution in [2.24, 2.45) is 0 Å². The van der Waals surface area contributed by atoms with Gasteiger partial charge in [-0.05, 0) is 35.6 Å². The molecule has 2 heteroatoms. The van der Waals surface area contributed by atoms with Crippen LogP contribution in [-0.4, -0.2) is 12.6 Å². The summed E-state index contributed by atoms with van der Waals surface area (Å²) >= 11 is 0. The molecule has 0 aromatic heterocycles. The SMILES string of the molecule is C=CC(=O)OCCCCCCc1ccc2ccccc2c1. The van der Waals surface area contributed by atoms with Crippen LogP contribution in [0.2, 0.25) is 0 Å². The molecule has 2 aromatic rings. The molecule has 0 spiro atoms. The number of aryl methyl sites for hydroxylation is 1. The number of rotatable bonds is 8. The van der Waals surface area contributed by atoms with Crippen LogP contribution in [0, 0.1) is 0 Å². The molecule has 2 nitrogen and oxygen atoms in total. The zero-order valence-electron chi connectivity index (χ0n) is 12.4. The van der Waals surface area contributed by atoms with E-state index >= 15 is 0 Å². The lowest BCUT2D eigenvalue weighted by Crippen LogP contribution is -2.01. The van der Waals surface area contributed by atoms with Gasteiger partial charge in [-0.3, -0.25) is 0 Å². The monoisotopic (exact) mass is 282 g/mol. The van der Waals surface area contributed by atoms with Crippen LogP contribution in [0.25, 0.3) is 10.8 Å². The Balaban J connectivity index is 1.66. The van der Waals surface area contributed by atoms with Crippen molar-refractivity contribution < 1.29 is 9.53 Å². The first-order valence-electron chi connectivity index (χ1n) is 7.56. The van der Waals surface area contributed by atoms with Gasteiger partial charge in [-0.25, -0.2) is 4.79 Å². The van der Waals surface area contributed by atoms with Crippen LogP contribution >= 0.6 is 0 Å². The fraction of sp³-hybridized carbons (Fsp3) is 0.316. The summed E-state index contributed by atoms with van der Waals surface area (Å²) in [5.74, 6) is -0.328. The van der Waals surface area contributed by atoms with Gasteiger partial charge in [-0.1, -0.05) is 61.9 Å². The lowest BCUT2D eigenvalue weighted by molar-refractivity contribution is -0.137. The molecule has 2 aromatic carbocycles. The maximum Gasteiger partial charge on any atom is 0.330 e. The van der Waals surface area contributed by atoms with Crippen LogP contribution in [0.1, 0.15) is 31.2 Å². The molecule has 0 aliphatic carbocycles. The van der Waals surface area contributed by atoms with E-state index < -0.39 is 0 Å². The summed E-state index contributed by atoms with van der Waals surface area (Å²) in [4.78, 5) is 10.9. The molecule has 110 valence electrons. The third-order valence-electron chi connectivity index (χ3n) is 3.58. The molecule has 0 aliphatic heterocycles. The topological polar surface area (TPSA) is 26.3 Å². The molecule has 0 saturated heterocycles. The molecule has 0 unspecified atom stereocenters. The van der Waals surface area contributed by atoms with Crippen molar-refractivity contribution in [1.29, 1.82) is 0 Å². The predicted molar refractivity (Wildman–Crippen MR) is 87.3 cm³/mol. The van der Waals surface area contributed by atoms with Gasteiger partial charge >= 0.3 is 5.97 Å². The molecule has 0 N–H and O–H groups in total. The largest absolute Gasteiger partial charge is 0.463 e. The molecular weight excluding hydrogens is 260 g/mol. The number of ether oxygens (including phenoxy) is 1. The summed E-state index contributed by atoms with van der Waals surface area (Å²) in [5, 5.41) is 2.61. The number of benzene rings is 2. The van der Waals surface area contributed by atoms with Gasteiger partial charge in [0.25, 0.3) is 0 Å². The van der Waals surface area contributed by atoms with Gasteiger partial charge in [0.2, 0.25) is 0 Å². The van der Waals surface area contributed by atoms with E-state index in [1.165, 1.54) is 35.3 Å². The van der Waals surface area contributed by atoms with E-state index in [2.05, 4.69) is 49.0 Å². The van der Waals surface area contributed by atoms with Crippen molar-refractivity contribution in [3.8, 4) is 0 Å². The molecule has 0 atom stereocenters. The van der Waals surface area contributed by atoms with Gasteiger partial charge in [0.15, 0.2) is 0 Å². The predicted octanol–water partition coefficient (Wildman–Crippen LogP) is 4.67. The normalized spacial score (nSPS) is 10.5. The average Bonchev–Trinajstić information content (AvgIpc) is 2.53. The van der Waals surface area contributed by atoms with Crippen molar-refractivity contribution >= 4 is 16.7 Å². The molecule has 2 rings (SSSR count). The van der Waals surface area contributed by atoms with Crippen LogP contribution in [0.5, 0.6) is 0 Å². The third kappa shape index (κ3) is 5.07. The Hall–Kier alpha value is -2.09. The van der Waals surface area contributed by atoms with Gasteiger partial charge in [0, 0.05) is 6.08 Å². The highest BCUT2D eigenvalue weighted by Crippen LogP contribution is 2.17. The summed E-state index contributed by atoms with van der Waals surface area (Å²) < 4.78 is 4.95. The van der Waals surface area contributed by atoms with E-state index in [1.807, 2.05) is 0 Å². The number of carbonyl (C=O) groups excluding carboxylic acids is 1. The Bertz CT molecular complexity index is 601. The Kier molecular flexibility index (Phi) is 6.01. The fourth-order valence-electron chi connectivity index (χ4n) is 2.41. The zero-order valence-corrected chi connectivity index (χ0v) is 12.4. The summed E-state index contributed by atoms with van der Waals surface area (Å²) in [6, 6.07) is 15.1. The van der Waals surface area contributed by atoms with Gasteiger partial charge in [-0.2, -0.15) is 0 Å². The summed E-state index contributed by atoms with van der Waals surface area (Å²) in [5.41, 5.74) is 1.40. The minimum absolute atomic E-state index is 0.328. The molecule has 0 amide bonds. The highest BCUT2D eigenvalue weighted by molar-refractivity contribution is 5.83. The van der Waals surface area contributed by atoms with E-state index in [1.54, 1.807) is 0 Å². The molecule has 0 bridgehead atoms. The van der Waals surface area contributed by atoms with Crippen molar-refractivity contribution in [3.63, 3.8) is 0 Å². The average molecular weight is 282 g/mol. The number of hydrogen-bond donors (Lipinski definition) is 0. The second kappa shape index (κ2) is 8.25. The molecule has 21 heavy (non-hydrogen) atoms. The standard InChI is InChI=1S/C19H22O2/c1-2-19(20)21-14-8-4-3-5-9-16-12-13-17-10-6-7-11-18(17)15-16/h2,6-7,10-13,15H,1,3-5,8-9,14H2. The minimum atomic E-state index is -0.328. The number of hydrogen-bond acceptors (Lipinski definition) is 2. The number of esters is 1. The van der Waals surface area contributed by atoms with Gasteiger partial charge in [0.05, 0.1) is 6.61 Å². The van der Waals surface area contributed by atoms with Crippen LogP contribution < -0.4 is 0 Å². The number of unbranched alkanes of at least 4 members (excludes halogenated alkanes) is 3. The van der Waals surface area contributed by atoms with Crippen molar-refractivity contribution in [2.45, 2.75) is 32.1 Å². The van der Waals surface area contributed by atoms with Crippen LogP contribution in [0.4, 0.5) is 0 Å². The lowest BCUT2D eigenvalue weighted by Gasteiger charge is -2.05. The zero-order chi connectivity index (χ0) is 14.9. The maximum atomic E-state index is 10.9. The fourth-order valence-corrected chi connectivity index (χ4v) is 2.41. The van der Waals surface area contributed by atoms with Gasteiger partial charge in [-0.15, -0.1) is 0 Å². The summed E-state index contributed by atoms with van der Waals surface area (Å²) in [6.07, 6.45) is 6.68. The van der Waals surface area contributed by atoms with E-state index in [0.717, 1.165) is 19.3 Å². The quantitative estimate of drug-likeness (QED) is 0.399. The van der Waals surface area contributed by atoms with Crippen LogP contribution in [0.3, 0.4) is 0 Å². The summed E-state index contributed by atoms with van der Waals surface area (Å²) in [6.45, 7) is 3.87. The summed E-state index contributed by atoms with van der Waals surface area (Å²) in [7, 11) is 0. The van der Waals surface area contributed by atoms with E-state index in [-0.39, 0.29) is 5.97 Å². The molecule has 0 heterocycles. The third-order valence-corrected chi connectivity index (χ3v) is 3.58. The van der Waals surface area contributed by atoms with E-state index in [0.29, 0.717) is 6.61 Å². The highest BCUT2D eigenvalue weighted by Gasteiger charge is 1.98. The van der Waals surface area contributed by atoms with Crippen LogP contribution in [-0.2, 0) is 16.0 Å². The van der Waals surface area contributed by atoms with E-state index in [4.69, 9.17) is 4.74 Å². The van der Waals surface area contributed by atoms with Crippen molar-refractivity contribution in [2.75, 3.05) is 6.61 Å². The Labute approximate surface area is 126 Å². The second-order valence-electron chi connectivity index (χ2n) is 5.22. The Morgan fingerprint density at radius 3 is 2.57 bits per heavy atom. The first-order chi connectivity index (χ1) is 10.3. The first kappa shape index (κ1) is 15.3. The lowest BCUT2D eigenvalue weighted by atomic mass is 10.0. The number of carbonyl (C=O) groups is 1. The molecule has 0 fully saturated rings. The maximum absolute atomic E-state index is 10.9. The van der Waals surface area contributed by atoms with Gasteiger partial charge < -0.3 is 4.74 Å². The minimum Gasteiger partial charge on any atom is -0.463 e. The molecule has 0 radical (unpaired) electrons. The molecule has 0 aliphatic rings. The number of fused-ring (bicyclic) bond motifs is 1. The Morgan fingerprint density at radius 1 is 1.00 bits per heavy atom. The van der Waals surface area contributed by atoms with Gasteiger partial charge in [0.1, 0.15) is 0 Å². The van der Waals surface area contributed by atoms with E-state index in [9.17, 15) is 4.79 Å². The first-order valence-corrected chi connectivity index (χ1v) is 7.56. The Morgan fingerprint density at radius 2 is 1.76 bits per heavy atom. The van der Waals surface area contributed by atoms with Crippen LogP contribution in [0.15, 0.2) is 55.1 Å². The second-order valence-corrected chi connectivity index (χ2v) is 5.22. The smallest absolute Gasteiger partial charge is 0.330 e. The molecular formula is C19H22O2. The highest BCUT2D eigenvalue weighted by atomic mass is 16.5. The molecule has 0 saturated carbocycles. The van der Waals surface area contributed by atoms with Crippen molar-refractivity contribution in [1.82, 2.24) is 0 Å².